The summed E-state index contributed by atoms with van der Waals surface area (Å²) in [4.78, 5) is 12.5. The summed E-state index contributed by atoms with van der Waals surface area (Å²) < 4.78 is 53.1. The average molecular weight is 441 g/mol. The van der Waals surface area contributed by atoms with Crippen LogP contribution >= 0.6 is 15.9 Å². The smallest absolute Gasteiger partial charge is 0.274 e. The van der Waals surface area contributed by atoms with Crippen LogP contribution in [-0.2, 0) is 10.0 Å². The summed E-state index contributed by atoms with van der Waals surface area (Å²) in [5, 5.41) is 2.30. The fourth-order valence-corrected chi connectivity index (χ4v) is 4.30. The molecule has 0 spiro atoms. The highest BCUT2D eigenvalue weighted by Gasteiger charge is 2.25. The van der Waals surface area contributed by atoms with Gasteiger partial charge in [-0.1, -0.05) is 18.2 Å². The Labute approximate surface area is 156 Å². The maximum absolute atomic E-state index is 13.3. The minimum absolute atomic E-state index is 0.00560. The second-order valence-corrected chi connectivity index (χ2v) is 7.91. The van der Waals surface area contributed by atoms with E-state index in [9.17, 15) is 22.0 Å². The number of nitrogens with zero attached hydrogens (tertiary/aromatic N) is 1. The monoisotopic (exact) mass is 440 g/mol. The van der Waals surface area contributed by atoms with Crippen molar-refractivity contribution in [3.63, 3.8) is 0 Å². The summed E-state index contributed by atoms with van der Waals surface area (Å²) in [6, 6.07) is 11.5. The molecule has 1 amide bonds. The van der Waals surface area contributed by atoms with Crippen LogP contribution in [0.3, 0.4) is 0 Å². The number of nitrogens with one attached hydrogen (secondary N) is 1. The molecule has 26 heavy (non-hydrogen) atoms. The molecule has 0 aliphatic rings. The van der Waals surface area contributed by atoms with Gasteiger partial charge in [0, 0.05) is 22.4 Å². The van der Waals surface area contributed by atoms with Crippen molar-refractivity contribution in [3.05, 3.63) is 82.6 Å². The van der Waals surface area contributed by atoms with Gasteiger partial charge in [0.1, 0.15) is 17.3 Å². The van der Waals surface area contributed by atoms with Crippen LogP contribution in [0.4, 0.5) is 14.5 Å². The van der Waals surface area contributed by atoms with E-state index in [-0.39, 0.29) is 20.7 Å². The Kier molecular flexibility index (Phi) is 4.92. The van der Waals surface area contributed by atoms with Crippen LogP contribution in [0.1, 0.15) is 10.5 Å². The van der Waals surface area contributed by atoms with Gasteiger partial charge in [-0.05, 0) is 46.3 Å². The van der Waals surface area contributed by atoms with Crippen molar-refractivity contribution < 1.29 is 22.0 Å². The Morgan fingerprint density at radius 2 is 1.62 bits per heavy atom. The number of hydrogen-bond acceptors (Lipinski definition) is 3. The van der Waals surface area contributed by atoms with Crippen LogP contribution in [0.25, 0.3) is 0 Å². The molecule has 2 aromatic carbocycles. The number of anilines is 1. The number of hydrogen-bond donors (Lipinski definition) is 1. The third-order valence-electron chi connectivity index (χ3n) is 3.44. The molecule has 3 rings (SSSR count). The quantitative estimate of drug-likeness (QED) is 0.665. The lowest BCUT2D eigenvalue weighted by Gasteiger charge is -2.11. The Balaban J connectivity index is 2.01. The molecular formula is C17H11BrF2N2O3S. The summed E-state index contributed by atoms with van der Waals surface area (Å²) in [5.74, 6) is -2.58. The molecule has 0 atom stereocenters. The summed E-state index contributed by atoms with van der Waals surface area (Å²) >= 11 is 3.13. The Hall–Kier alpha value is -2.52. The Bertz CT molecular complexity index is 1060. The van der Waals surface area contributed by atoms with Gasteiger partial charge < -0.3 is 5.32 Å². The van der Waals surface area contributed by atoms with E-state index in [0.29, 0.717) is 6.07 Å². The van der Waals surface area contributed by atoms with E-state index in [1.54, 1.807) is 18.2 Å². The van der Waals surface area contributed by atoms with Crippen molar-refractivity contribution in [1.29, 1.82) is 0 Å². The molecule has 0 aliphatic heterocycles. The van der Waals surface area contributed by atoms with Crippen LogP contribution < -0.4 is 5.32 Å². The van der Waals surface area contributed by atoms with E-state index in [1.807, 2.05) is 0 Å². The topological polar surface area (TPSA) is 68.2 Å². The normalized spacial score (nSPS) is 11.3. The zero-order valence-electron chi connectivity index (χ0n) is 13.0. The van der Waals surface area contributed by atoms with E-state index >= 15 is 0 Å². The van der Waals surface area contributed by atoms with Crippen molar-refractivity contribution in [2.75, 3.05) is 5.32 Å². The second kappa shape index (κ2) is 7.00. The standard InChI is InChI=1S/C17H11BrF2N2O3S/c18-15-6-7-22(26(24,25)14-4-2-1-3-5-14)16(15)17(23)21-13-9-11(19)8-12(20)10-13/h1-10H,(H,21,23). The molecule has 1 N–H and O–H groups in total. The van der Waals surface area contributed by atoms with Gasteiger partial charge in [0.2, 0.25) is 0 Å². The first-order valence-corrected chi connectivity index (χ1v) is 9.47. The molecule has 1 aromatic heterocycles. The third-order valence-corrected chi connectivity index (χ3v) is 5.77. The summed E-state index contributed by atoms with van der Waals surface area (Å²) in [5.41, 5.74) is -0.359. The number of halogens is 3. The minimum Gasteiger partial charge on any atom is -0.320 e. The maximum Gasteiger partial charge on any atom is 0.274 e. The third kappa shape index (κ3) is 3.54. The highest BCUT2D eigenvalue weighted by atomic mass is 79.9. The molecule has 0 aliphatic carbocycles. The van der Waals surface area contributed by atoms with Crippen LogP contribution in [0.2, 0.25) is 0 Å². The van der Waals surface area contributed by atoms with E-state index < -0.39 is 27.6 Å². The fraction of sp³-hybridized carbons (Fsp3) is 0. The zero-order chi connectivity index (χ0) is 18.9. The number of amides is 1. The second-order valence-electron chi connectivity index (χ2n) is 5.24. The number of carbonyl (C=O) groups excluding carboxylic acids is 1. The number of benzene rings is 2. The summed E-state index contributed by atoms with van der Waals surface area (Å²) in [6.07, 6.45) is 1.22. The molecule has 5 nitrogen and oxygen atoms in total. The van der Waals surface area contributed by atoms with E-state index in [1.165, 1.54) is 24.4 Å². The van der Waals surface area contributed by atoms with Crippen molar-refractivity contribution in [2.45, 2.75) is 4.90 Å². The highest BCUT2D eigenvalue weighted by Crippen LogP contribution is 2.25. The molecule has 0 radical (unpaired) electrons. The van der Waals surface area contributed by atoms with Crippen molar-refractivity contribution in [3.8, 4) is 0 Å². The molecule has 0 fully saturated rings. The molecule has 0 saturated carbocycles. The minimum atomic E-state index is -4.02. The molecule has 9 heteroatoms. The summed E-state index contributed by atoms with van der Waals surface area (Å²) in [7, 11) is -4.02. The molecule has 134 valence electrons. The van der Waals surface area contributed by atoms with Crippen LogP contribution in [-0.4, -0.2) is 18.3 Å². The first-order chi connectivity index (χ1) is 12.3. The van der Waals surface area contributed by atoms with Gasteiger partial charge in [-0.25, -0.2) is 21.2 Å². The largest absolute Gasteiger partial charge is 0.320 e. The number of rotatable bonds is 4. The lowest BCUT2D eigenvalue weighted by molar-refractivity contribution is 0.102. The molecule has 0 unspecified atom stereocenters. The van der Waals surface area contributed by atoms with E-state index in [2.05, 4.69) is 21.2 Å². The first-order valence-electron chi connectivity index (χ1n) is 7.24. The SMILES string of the molecule is O=C(Nc1cc(F)cc(F)c1)c1c(Br)ccn1S(=O)(=O)c1ccccc1. The van der Waals surface area contributed by atoms with E-state index in [4.69, 9.17) is 0 Å². The Morgan fingerprint density at radius 1 is 1.00 bits per heavy atom. The molecule has 0 bridgehead atoms. The van der Waals surface area contributed by atoms with E-state index in [0.717, 1.165) is 16.1 Å². The molecular weight excluding hydrogens is 430 g/mol. The Morgan fingerprint density at radius 3 is 2.23 bits per heavy atom. The van der Waals surface area contributed by atoms with Gasteiger partial charge >= 0.3 is 0 Å². The maximum atomic E-state index is 13.3. The first kappa shape index (κ1) is 18.3. The molecule has 1 heterocycles. The zero-order valence-corrected chi connectivity index (χ0v) is 15.4. The van der Waals surface area contributed by atoms with Gasteiger partial charge in [0.05, 0.1) is 4.90 Å². The van der Waals surface area contributed by atoms with Gasteiger partial charge in [-0.3, -0.25) is 4.79 Å². The van der Waals surface area contributed by atoms with Crippen LogP contribution in [0.5, 0.6) is 0 Å². The van der Waals surface area contributed by atoms with Crippen molar-refractivity contribution in [2.24, 2.45) is 0 Å². The van der Waals surface area contributed by atoms with Gasteiger partial charge in [0.15, 0.2) is 0 Å². The van der Waals surface area contributed by atoms with Crippen LogP contribution in [0.15, 0.2) is 70.2 Å². The van der Waals surface area contributed by atoms with Gasteiger partial charge in [-0.2, -0.15) is 0 Å². The average Bonchev–Trinajstić information content (AvgIpc) is 2.97. The lowest BCUT2D eigenvalue weighted by atomic mass is 10.3. The number of aromatic nitrogens is 1. The van der Waals surface area contributed by atoms with Gasteiger partial charge in [0.25, 0.3) is 15.9 Å². The highest BCUT2D eigenvalue weighted by molar-refractivity contribution is 9.10. The van der Waals surface area contributed by atoms with Crippen molar-refractivity contribution >= 4 is 37.5 Å². The number of carbonyl (C=O) groups is 1. The van der Waals surface area contributed by atoms with Crippen LogP contribution in [0, 0.1) is 11.6 Å². The predicted octanol–water partition coefficient (Wildman–Crippen LogP) is 4.02. The predicted molar refractivity (Wildman–Crippen MR) is 95.5 cm³/mol. The van der Waals surface area contributed by atoms with Crippen molar-refractivity contribution in [1.82, 2.24) is 3.97 Å². The van der Waals surface area contributed by atoms with Gasteiger partial charge in [-0.15, -0.1) is 0 Å². The lowest BCUT2D eigenvalue weighted by Crippen LogP contribution is -2.22. The molecule has 3 aromatic rings. The molecule has 0 saturated heterocycles. The fourth-order valence-electron chi connectivity index (χ4n) is 2.32. The summed E-state index contributed by atoms with van der Waals surface area (Å²) in [6.45, 7) is 0.